The van der Waals surface area contributed by atoms with Crippen LogP contribution in [0.1, 0.15) is 25.5 Å². The minimum atomic E-state index is 0.219. The van der Waals surface area contributed by atoms with Gasteiger partial charge in [0.1, 0.15) is 5.75 Å². The predicted octanol–water partition coefficient (Wildman–Crippen LogP) is 2.37. The molecule has 1 aromatic carbocycles. The van der Waals surface area contributed by atoms with Gasteiger partial charge in [-0.2, -0.15) is 15.2 Å². The summed E-state index contributed by atoms with van der Waals surface area (Å²) in [6, 6.07) is 9.68. The van der Waals surface area contributed by atoms with Gasteiger partial charge in [-0.1, -0.05) is 18.2 Å². The number of benzene rings is 1. The van der Waals surface area contributed by atoms with Crippen LogP contribution in [-0.4, -0.2) is 62.2 Å². The smallest absolute Gasteiger partial charge is 0.229 e. The van der Waals surface area contributed by atoms with E-state index in [4.69, 9.17) is 15.2 Å². The molecule has 1 fully saturated rings. The third-order valence-electron chi connectivity index (χ3n) is 5.35. The van der Waals surface area contributed by atoms with Gasteiger partial charge in [0.25, 0.3) is 0 Å². The average molecular weight is 406 g/mol. The van der Waals surface area contributed by atoms with Crippen molar-refractivity contribution in [3.8, 4) is 11.8 Å². The van der Waals surface area contributed by atoms with Gasteiger partial charge in [0.15, 0.2) is 17.0 Å². The van der Waals surface area contributed by atoms with E-state index in [1.807, 2.05) is 16.7 Å². The molecule has 0 spiro atoms. The van der Waals surface area contributed by atoms with Crippen LogP contribution in [0.2, 0.25) is 0 Å². The number of hydrogen-bond acceptors (Lipinski definition) is 8. The number of rotatable bonds is 6. The first kappa shape index (κ1) is 19.9. The molecule has 2 aromatic heterocycles. The fraction of sp³-hybridized carbons (Fsp3) is 0.429. The molecule has 9 heteroatoms. The molecule has 3 aromatic rings. The van der Waals surface area contributed by atoms with Crippen LogP contribution in [0.3, 0.4) is 0 Å². The monoisotopic (exact) mass is 406 g/mol. The van der Waals surface area contributed by atoms with Crippen LogP contribution in [0.4, 0.5) is 11.8 Å². The molecule has 1 aliphatic rings. The van der Waals surface area contributed by atoms with Crippen LogP contribution >= 0.6 is 0 Å². The van der Waals surface area contributed by atoms with Crippen molar-refractivity contribution in [1.29, 1.82) is 5.26 Å². The van der Waals surface area contributed by atoms with Crippen LogP contribution in [-0.2, 0) is 6.54 Å². The number of imidazole rings is 1. The zero-order valence-electron chi connectivity index (χ0n) is 17.3. The van der Waals surface area contributed by atoms with Crippen molar-refractivity contribution in [3.05, 3.63) is 36.2 Å². The summed E-state index contributed by atoms with van der Waals surface area (Å²) in [7, 11) is 0. The second-order valence-electron chi connectivity index (χ2n) is 7.69. The maximum Gasteiger partial charge on any atom is 0.229 e. The summed E-state index contributed by atoms with van der Waals surface area (Å²) in [5, 5.41) is 22.3. The molecule has 4 rings (SSSR count). The van der Waals surface area contributed by atoms with Crippen LogP contribution in [0.15, 0.2) is 30.6 Å². The first-order valence-corrected chi connectivity index (χ1v) is 10.2. The zero-order chi connectivity index (χ0) is 21.1. The van der Waals surface area contributed by atoms with Gasteiger partial charge in [-0.05, 0) is 19.9 Å². The molecule has 3 heterocycles. The number of piperazine rings is 1. The lowest BCUT2D eigenvalue weighted by atomic mass is 10.2. The Morgan fingerprint density at radius 3 is 2.63 bits per heavy atom. The van der Waals surface area contributed by atoms with Crippen molar-refractivity contribution < 1.29 is 5.11 Å². The topological polar surface area (TPSA) is 106 Å². The van der Waals surface area contributed by atoms with Gasteiger partial charge in [0, 0.05) is 44.3 Å². The largest absolute Gasteiger partial charge is 0.508 e. The number of anilines is 2. The van der Waals surface area contributed by atoms with Crippen molar-refractivity contribution in [2.45, 2.75) is 26.4 Å². The molecular formula is C21H26N8O. The number of hydrogen-bond donors (Lipinski definition) is 2. The number of phenols is 1. The summed E-state index contributed by atoms with van der Waals surface area (Å²) in [6.45, 7) is 8.21. The van der Waals surface area contributed by atoms with E-state index in [1.165, 1.54) is 0 Å². The lowest BCUT2D eigenvalue weighted by Crippen LogP contribution is -2.47. The van der Waals surface area contributed by atoms with Crippen molar-refractivity contribution in [2.75, 3.05) is 42.9 Å². The van der Waals surface area contributed by atoms with Gasteiger partial charge in [-0.25, -0.2) is 4.98 Å². The van der Waals surface area contributed by atoms with E-state index in [2.05, 4.69) is 40.0 Å². The molecule has 0 bridgehead atoms. The standard InChI is InChI=1S/C21H26N8O/c1-15(2)29-14-24-18-19(23-13-16-5-3-4-6-17(16)30)25-21(26-20(18)29)28-11-9-27(8-7-22)10-12-28/h3-6,14-15,30H,8-13H2,1-2H3,(H,23,25,26). The molecule has 0 radical (unpaired) electrons. The normalized spacial score (nSPS) is 14.9. The minimum absolute atomic E-state index is 0.219. The highest BCUT2D eigenvalue weighted by atomic mass is 16.3. The van der Waals surface area contributed by atoms with Gasteiger partial charge < -0.3 is 19.9 Å². The van der Waals surface area contributed by atoms with Crippen LogP contribution < -0.4 is 10.2 Å². The van der Waals surface area contributed by atoms with E-state index in [-0.39, 0.29) is 11.8 Å². The Morgan fingerprint density at radius 1 is 1.17 bits per heavy atom. The Morgan fingerprint density at radius 2 is 1.93 bits per heavy atom. The maximum atomic E-state index is 10.1. The molecule has 30 heavy (non-hydrogen) atoms. The molecule has 0 saturated carbocycles. The Labute approximate surface area is 175 Å². The van der Waals surface area contributed by atoms with Gasteiger partial charge >= 0.3 is 0 Å². The number of aromatic nitrogens is 4. The van der Waals surface area contributed by atoms with E-state index in [0.29, 0.717) is 30.4 Å². The highest BCUT2D eigenvalue weighted by molar-refractivity contribution is 5.84. The molecule has 0 amide bonds. The Kier molecular flexibility index (Phi) is 5.68. The number of nitrogens with one attached hydrogen (secondary N) is 1. The number of nitrogens with zero attached hydrogens (tertiary/aromatic N) is 7. The lowest BCUT2D eigenvalue weighted by molar-refractivity contribution is 0.285. The summed E-state index contributed by atoms with van der Waals surface area (Å²) >= 11 is 0. The SMILES string of the molecule is CC(C)n1cnc2c(NCc3ccccc3O)nc(N3CCN(CC#N)CC3)nc21. The summed E-state index contributed by atoms with van der Waals surface area (Å²) in [5.41, 5.74) is 2.29. The zero-order valence-corrected chi connectivity index (χ0v) is 17.3. The van der Waals surface area contributed by atoms with Crippen LogP contribution in [0, 0.1) is 11.3 Å². The number of para-hydroxylation sites is 1. The third kappa shape index (κ3) is 4.00. The molecule has 1 saturated heterocycles. The van der Waals surface area contributed by atoms with E-state index < -0.39 is 0 Å². The van der Waals surface area contributed by atoms with Gasteiger partial charge in [-0.15, -0.1) is 0 Å². The summed E-state index contributed by atoms with van der Waals surface area (Å²) in [6.07, 6.45) is 1.80. The van der Waals surface area contributed by atoms with E-state index in [1.54, 1.807) is 18.5 Å². The Hall–Kier alpha value is -3.38. The second kappa shape index (κ2) is 8.55. The van der Waals surface area contributed by atoms with Gasteiger partial charge in [0.05, 0.1) is 18.9 Å². The summed E-state index contributed by atoms with van der Waals surface area (Å²) in [4.78, 5) is 18.4. The predicted molar refractivity (Wildman–Crippen MR) is 115 cm³/mol. The minimum Gasteiger partial charge on any atom is -0.508 e. The first-order valence-electron chi connectivity index (χ1n) is 10.2. The fourth-order valence-corrected chi connectivity index (χ4v) is 3.59. The highest BCUT2D eigenvalue weighted by Gasteiger charge is 2.22. The molecule has 0 atom stereocenters. The number of nitriles is 1. The number of fused-ring (bicyclic) bond motifs is 1. The Bertz CT molecular complexity index is 1060. The van der Waals surface area contributed by atoms with Crippen LogP contribution in [0.5, 0.6) is 5.75 Å². The number of aromatic hydroxyl groups is 1. The fourth-order valence-electron chi connectivity index (χ4n) is 3.59. The second-order valence-corrected chi connectivity index (χ2v) is 7.69. The summed E-state index contributed by atoms with van der Waals surface area (Å²) in [5.74, 6) is 1.55. The molecule has 0 unspecified atom stereocenters. The molecule has 0 aliphatic carbocycles. The molecule has 156 valence electrons. The van der Waals surface area contributed by atoms with Crippen molar-refractivity contribution in [2.24, 2.45) is 0 Å². The van der Waals surface area contributed by atoms with E-state index >= 15 is 0 Å². The van der Waals surface area contributed by atoms with Gasteiger partial charge in [-0.3, -0.25) is 4.90 Å². The molecule has 2 N–H and O–H groups in total. The average Bonchev–Trinajstić information content (AvgIpc) is 3.18. The third-order valence-corrected chi connectivity index (χ3v) is 5.35. The molecular weight excluding hydrogens is 380 g/mol. The van der Waals surface area contributed by atoms with Crippen molar-refractivity contribution in [1.82, 2.24) is 24.4 Å². The maximum absolute atomic E-state index is 10.1. The van der Waals surface area contributed by atoms with E-state index in [0.717, 1.165) is 37.4 Å². The highest BCUT2D eigenvalue weighted by Crippen LogP contribution is 2.26. The van der Waals surface area contributed by atoms with Crippen molar-refractivity contribution in [3.63, 3.8) is 0 Å². The van der Waals surface area contributed by atoms with Gasteiger partial charge in [0.2, 0.25) is 5.95 Å². The van der Waals surface area contributed by atoms with E-state index in [9.17, 15) is 5.11 Å². The van der Waals surface area contributed by atoms with Crippen LogP contribution in [0.25, 0.3) is 11.2 Å². The quantitative estimate of drug-likeness (QED) is 0.601. The lowest BCUT2D eigenvalue weighted by Gasteiger charge is -2.33. The molecule has 1 aliphatic heterocycles. The van der Waals surface area contributed by atoms with Crippen molar-refractivity contribution >= 4 is 22.9 Å². The number of phenolic OH excluding ortho intramolecular Hbond substituents is 1. The summed E-state index contributed by atoms with van der Waals surface area (Å²) < 4.78 is 2.04. The molecule has 9 nitrogen and oxygen atoms in total. The first-order chi connectivity index (χ1) is 14.6. The Balaban J connectivity index is 1.65.